The van der Waals surface area contributed by atoms with Crippen molar-refractivity contribution >= 4 is 17.1 Å². The maximum absolute atomic E-state index is 13.9. The van der Waals surface area contributed by atoms with Gasteiger partial charge in [0, 0.05) is 11.5 Å². The molecule has 1 aliphatic carbocycles. The van der Waals surface area contributed by atoms with Gasteiger partial charge in [-0.15, -0.1) is 0 Å². The summed E-state index contributed by atoms with van der Waals surface area (Å²) >= 11 is 0. The van der Waals surface area contributed by atoms with Crippen molar-refractivity contribution in [3.05, 3.63) is 77.2 Å². The van der Waals surface area contributed by atoms with E-state index in [1.807, 2.05) is 24.3 Å². The van der Waals surface area contributed by atoms with E-state index in [1.165, 1.54) is 12.3 Å². The summed E-state index contributed by atoms with van der Waals surface area (Å²) in [7, 11) is 0. The van der Waals surface area contributed by atoms with E-state index in [-0.39, 0.29) is 17.9 Å². The lowest BCUT2D eigenvalue weighted by Crippen LogP contribution is -2.31. The Morgan fingerprint density at radius 3 is 2.58 bits per heavy atom. The van der Waals surface area contributed by atoms with E-state index in [4.69, 9.17) is 9.47 Å². The van der Waals surface area contributed by atoms with Gasteiger partial charge in [-0.25, -0.2) is 23.5 Å². The minimum atomic E-state index is -0.839. The molecule has 0 unspecified atom stereocenters. The van der Waals surface area contributed by atoms with Gasteiger partial charge in [0.1, 0.15) is 16.9 Å². The van der Waals surface area contributed by atoms with Crippen molar-refractivity contribution in [2.24, 2.45) is 0 Å². The number of aromatic amines is 1. The number of benzene rings is 2. The van der Waals surface area contributed by atoms with Gasteiger partial charge in [0.25, 0.3) is 0 Å². The highest BCUT2D eigenvalue weighted by atomic mass is 19.1. The Bertz CT molecular complexity index is 1380. The molecule has 3 heterocycles. The molecular formula is C24H18F2N4O3. The molecule has 9 heteroatoms. The van der Waals surface area contributed by atoms with Crippen LogP contribution in [-0.2, 0) is 10.3 Å². The number of para-hydroxylation sites is 1. The number of rotatable bonds is 3. The van der Waals surface area contributed by atoms with Gasteiger partial charge in [0.2, 0.25) is 5.75 Å². The highest BCUT2D eigenvalue weighted by Crippen LogP contribution is 2.49. The zero-order valence-electron chi connectivity index (χ0n) is 17.3. The lowest BCUT2D eigenvalue weighted by atomic mass is 9.75. The summed E-state index contributed by atoms with van der Waals surface area (Å²) in [5, 5.41) is 0. The number of esters is 1. The number of halogens is 2. The molecule has 1 fully saturated rings. The first-order valence-corrected chi connectivity index (χ1v) is 10.7. The van der Waals surface area contributed by atoms with Gasteiger partial charge >= 0.3 is 12.0 Å². The second kappa shape index (κ2) is 7.33. The lowest BCUT2D eigenvalue weighted by Gasteiger charge is -2.35. The number of carbonyl (C=O) groups is 1. The van der Waals surface area contributed by atoms with Crippen LogP contribution in [0.2, 0.25) is 0 Å². The van der Waals surface area contributed by atoms with Crippen LogP contribution in [0.5, 0.6) is 11.8 Å². The molecule has 2 aromatic carbocycles. The molecule has 166 valence electrons. The third-order valence-electron chi connectivity index (χ3n) is 6.45. The van der Waals surface area contributed by atoms with Gasteiger partial charge in [-0.2, -0.15) is 4.98 Å². The van der Waals surface area contributed by atoms with Gasteiger partial charge in [-0.1, -0.05) is 24.3 Å². The third kappa shape index (κ3) is 3.23. The fourth-order valence-electron chi connectivity index (χ4n) is 4.80. The van der Waals surface area contributed by atoms with E-state index in [0.717, 1.165) is 36.4 Å². The Balaban J connectivity index is 1.22. The molecule has 1 aliphatic heterocycles. The molecule has 0 saturated heterocycles. The summed E-state index contributed by atoms with van der Waals surface area (Å²) in [5.41, 5.74) is 2.00. The fraction of sp³-hybridized carbons (Fsp3) is 0.250. The van der Waals surface area contributed by atoms with Gasteiger partial charge in [0.05, 0.1) is 11.8 Å². The monoisotopic (exact) mass is 448 g/mol. The Kier molecular flexibility index (Phi) is 4.39. The first-order valence-electron chi connectivity index (χ1n) is 10.7. The van der Waals surface area contributed by atoms with Crippen molar-refractivity contribution in [2.75, 3.05) is 0 Å². The number of hydrogen-bond acceptors (Lipinski definition) is 6. The second-order valence-electron chi connectivity index (χ2n) is 8.36. The molecule has 0 amide bonds. The third-order valence-corrected chi connectivity index (χ3v) is 6.45. The second-order valence-corrected chi connectivity index (χ2v) is 8.36. The van der Waals surface area contributed by atoms with Gasteiger partial charge in [-0.3, -0.25) is 0 Å². The summed E-state index contributed by atoms with van der Waals surface area (Å²) in [6.07, 6.45) is 4.40. The number of aromatic nitrogens is 4. The quantitative estimate of drug-likeness (QED) is 0.436. The Labute approximate surface area is 186 Å². The molecule has 2 aromatic heterocycles. The topological polar surface area (TPSA) is 90.0 Å². The molecule has 1 saturated carbocycles. The van der Waals surface area contributed by atoms with Crippen LogP contribution in [0.15, 0.2) is 48.7 Å². The normalized spacial score (nSPS) is 21.9. The molecule has 0 atom stereocenters. The van der Waals surface area contributed by atoms with Crippen molar-refractivity contribution in [1.29, 1.82) is 0 Å². The van der Waals surface area contributed by atoms with Crippen LogP contribution in [0.25, 0.3) is 11.2 Å². The van der Waals surface area contributed by atoms with Crippen molar-refractivity contribution in [1.82, 2.24) is 19.9 Å². The molecule has 2 aliphatic rings. The van der Waals surface area contributed by atoms with Crippen molar-refractivity contribution < 1.29 is 23.0 Å². The highest BCUT2D eigenvalue weighted by Gasteiger charge is 2.47. The van der Waals surface area contributed by atoms with Crippen molar-refractivity contribution in [3.8, 4) is 11.8 Å². The highest BCUT2D eigenvalue weighted by molar-refractivity contribution is 5.94. The number of H-pyrrole nitrogens is 1. The molecule has 1 spiro atoms. The minimum Gasteiger partial charge on any atom is -0.451 e. The number of imidazole rings is 1. The van der Waals surface area contributed by atoms with Crippen LogP contribution >= 0.6 is 0 Å². The van der Waals surface area contributed by atoms with Crippen LogP contribution in [0.3, 0.4) is 0 Å². The number of nitrogens with one attached hydrogen (secondary N) is 1. The van der Waals surface area contributed by atoms with Crippen LogP contribution in [0.1, 0.15) is 53.3 Å². The van der Waals surface area contributed by atoms with E-state index in [2.05, 4.69) is 19.9 Å². The average molecular weight is 448 g/mol. The van der Waals surface area contributed by atoms with Crippen molar-refractivity contribution in [3.63, 3.8) is 0 Å². The maximum Gasteiger partial charge on any atom is 0.339 e. The zero-order valence-corrected chi connectivity index (χ0v) is 17.3. The van der Waals surface area contributed by atoms with Crippen LogP contribution in [-0.4, -0.2) is 25.9 Å². The van der Waals surface area contributed by atoms with E-state index in [9.17, 15) is 13.6 Å². The van der Waals surface area contributed by atoms with Gasteiger partial charge < -0.3 is 14.5 Å². The smallest absolute Gasteiger partial charge is 0.339 e. The van der Waals surface area contributed by atoms with E-state index < -0.39 is 23.0 Å². The lowest BCUT2D eigenvalue weighted by molar-refractivity contribution is -0.0312. The largest absolute Gasteiger partial charge is 0.451 e. The predicted octanol–water partition coefficient (Wildman–Crippen LogP) is 5.15. The van der Waals surface area contributed by atoms with Crippen LogP contribution < -0.4 is 4.74 Å². The molecule has 1 N–H and O–H groups in total. The van der Waals surface area contributed by atoms with E-state index >= 15 is 0 Å². The number of hydrogen-bond donors (Lipinski definition) is 1. The molecule has 7 nitrogen and oxygen atoms in total. The summed E-state index contributed by atoms with van der Waals surface area (Å²) < 4.78 is 38.8. The first-order chi connectivity index (χ1) is 16.0. The van der Waals surface area contributed by atoms with E-state index in [1.54, 1.807) is 0 Å². The average Bonchev–Trinajstić information content (AvgIpc) is 3.36. The zero-order chi connectivity index (χ0) is 22.6. The van der Waals surface area contributed by atoms with Crippen LogP contribution in [0, 0.1) is 11.6 Å². The molecule has 0 radical (unpaired) electrons. The van der Waals surface area contributed by atoms with Gasteiger partial charge in [0.15, 0.2) is 17.3 Å². The standard InChI is InChI=1S/C24H18F2N4O3/c25-16-6-3-7-17(26)19(16)32-23-27-12-18-21(30-23)29-20(28-18)13-8-10-24(11-9-13)15-5-2-1-4-14(15)22(31)33-24/h1-7,12-13H,8-11H2,(H,27,28,29,30). The number of ether oxygens (including phenoxy) is 2. The fourth-order valence-corrected chi connectivity index (χ4v) is 4.80. The molecule has 0 bridgehead atoms. The Morgan fingerprint density at radius 2 is 1.79 bits per heavy atom. The van der Waals surface area contributed by atoms with Crippen LogP contribution in [0.4, 0.5) is 8.78 Å². The summed E-state index contributed by atoms with van der Waals surface area (Å²) in [6.45, 7) is 0. The summed E-state index contributed by atoms with van der Waals surface area (Å²) in [6, 6.07) is 10.8. The number of fused-ring (bicyclic) bond motifs is 3. The van der Waals surface area contributed by atoms with E-state index in [0.29, 0.717) is 29.6 Å². The summed E-state index contributed by atoms with van der Waals surface area (Å²) in [4.78, 5) is 28.3. The van der Waals surface area contributed by atoms with Crippen molar-refractivity contribution in [2.45, 2.75) is 37.2 Å². The molecular weight excluding hydrogens is 430 g/mol. The Hall–Kier alpha value is -3.88. The predicted molar refractivity (Wildman–Crippen MR) is 113 cm³/mol. The van der Waals surface area contributed by atoms with Gasteiger partial charge in [-0.05, 0) is 43.9 Å². The number of carbonyl (C=O) groups excluding carboxylic acids is 1. The first kappa shape index (κ1) is 19.8. The Morgan fingerprint density at radius 1 is 1.03 bits per heavy atom. The molecule has 4 aromatic rings. The summed E-state index contributed by atoms with van der Waals surface area (Å²) in [5.74, 6) is -1.61. The maximum atomic E-state index is 13.9. The minimum absolute atomic E-state index is 0.129. The molecule has 33 heavy (non-hydrogen) atoms. The SMILES string of the molecule is O=C1OC2(CCC(c3nc4cnc(Oc5c(F)cccc5F)nc4[nH]3)CC2)c2ccccc21. The number of nitrogens with zero attached hydrogens (tertiary/aromatic N) is 3. The molecule has 6 rings (SSSR count).